The van der Waals surface area contributed by atoms with Crippen LogP contribution in [0, 0.1) is 0 Å². The highest BCUT2D eigenvalue weighted by Crippen LogP contribution is 2.23. The van der Waals surface area contributed by atoms with Gasteiger partial charge in [0.1, 0.15) is 12.5 Å². The second-order valence-corrected chi connectivity index (χ2v) is 4.57. The van der Waals surface area contributed by atoms with Crippen LogP contribution in [0.3, 0.4) is 0 Å². The van der Waals surface area contributed by atoms with Crippen molar-refractivity contribution in [2.24, 2.45) is 0 Å². The van der Waals surface area contributed by atoms with Crippen LogP contribution in [0.15, 0.2) is 12.1 Å². The molecule has 1 fully saturated rings. The summed E-state index contributed by atoms with van der Waals surface area (Å²) in [4.78, 5) is 12.6. The summed E-state index contributed by atoms with van der Waals surface area (Å²) in [7, 11) is 1.45. The first-order valence-electron chi connectivity index (χ1n) is 6.26. The molecule has 1 aliphatic rings. The number of rotatable bonds is 4. The molecule has 6 nitrogen and oxygen atoms in total. The molecule has 1 saturated heterocycles. The van der Waals surface area contributed by atoms with E-state index in [0.29, 0.717) is 12.3 Å². The first-order chi connectivity index (χ1) is 9.87. The molecule has 2 heterocycles. The lowest BCUT2D eigenvalue weighted by molar-refractivity contribution is -0.160. The van der Waals surface area contributed by atoms with Crippen LogP contribution in [0.1, 0.15) is 12.8 Å². The number of aromatic nitrogens is 2. The first kappa shape index (κ1) is 15.3. The quantitative estimate of drug-likeness (QED) is 0.841. The summed E-state index contributed by atoms with van der Waals surface area (Å²) in [6.45, 7) is 0.353. The average Bonchev–Trinajstić information content (AvgIpc) is 2.86. The minimum atomic E-state index is -4.49. The number of alkyl halides is 3. The number of carbonyl (C=O) groups excluding carboxylic acids is 1. The molecule has 1 unspecified atom stereocenters. The molecule has 1 aromatic heterocycles. The Morgan fingerprint density at radius 2 is 2.05 bits per heavy atom. The SMILES string of the molecule is COc1ccc(OC2CCN(C(=O)CC(F)(F)F)C2)nn1. The van der Waals surface area contributed by atoms with Gasteiger partial charge < -0.3 is 14.4 Å². The van der Waals surface area contributed by atoms with E-state index in [1.807, 2.05) is 0 Å². The fourth-order valence-electron chi connectivity index (χ4n) is 1.98. The van der Waals surface area contributed by atoms with Gasteiger partial charge >= 0.3 is 6.18 Å². The van der Waals surface area contributed by atoms with Crippen molar-refractivity contribution in [1.82, 2.24) is 15.1 Å². The molecule has 0 aromatic carbocycles. The zero-order valence-corrected chi connectivity index (χ0v) is 11.3. The van der Waals surface area contributed by atoms with Gasteiger partial charge in [-0.2, -0.15) is 13.2 Å². The van der Waals surface area contributed by atoms with Gasteiger partial charge in [-0.05, 0) is 0 Å². The highest BCUT2D eigenvalue weighted by molar-refractivity contribution is 5.77. The van der Waals surface area contributed by atoms with Crippen LogP contribution < -0.4 is 9.47 Å². The molecule has 0 N–H and O–H groups in total. The van der Waals surface area contributed by atoms with Crippen molar-refractivity contribution in [3.8, 4) is 11.8 Å². The van der Waals surface area contributed by atoms with Gasteiger partial charge in [-0.15, -0.1) is 10.2 Å². The smallest absolute Gasteiger partial charge is 0.397 e. The highest BCUT2D eigenvalue weighted by Gasteiger charge is 2.36. The van der Waals surface area contributed by atoms with Crippen molar-refractivity contribution in [2.45, 2.75) is 25.1 Å². The predicted octanol–water partition coefficient (Wildman–Crippen LogP) is 1.42. The van der Waals surface area contributed by atoms with Gasteiger partial charge in [0, 0.05) is 25.1 Å². The van der Waals surface area contributed by atoms with E-state index in [1.165, 1.54) is 7.11 Å². The minimum Gasteiger partial charge on any atom is -0.480 e. The maximum atomic E-state index is 12.2. The largest absolute Gasteiger partial charge is 0.480 e. The molecule has 1 aromatic rings. The maximum absolute atomic E-state index is 12.2. The molecule has 0 aliphatic carbocycles. The Morgan fingerprint density at radius 3 is 2.62 bits per heavy atom. The van der Waals surface area contributed by atoms with E-state index in [9.17, 15) is 18.0 Å². The normalized spacial score (nSPS) is 18.7. The van der Waals surface area contributed by atoms with Crippen LogP contribution in [-0.4, -0.2) is 53.5 Å². The Balaban J connectivity index is 1.86. The number of hydrogen-bond acceptors (Lipinski definition) is 5. The van der Waals surface area contributed by atoms with Crippen LogP contribution in [-0.2, 0) is 4.79 Å². The highest BCUT2D eigenvalue weighted by atomic mass is 19.4. The topological polar surface area (TPSA) is 64.6 Å². The van der Waals surface area contributed by atoms with E-state index in [4.69, 9.17) is 9.47 Å². The van der Waals surface area contributed by atoms with Gasteiger partial charge in [-0.3, -0.25) is 4.79 Å². The summed E-state index contributed by atoms with van der Waals surface area (Å²) in [5.74, 6) is -0.365. The van der Waals surface area contributed by atoms with Crippen LogP contribution in [0.5, 0.6) is 11.8 Å². The summed E-state index contributed by atoms with van der Waals surface area (Å²) < 4.78 is 46.8. The Hall–Kier alpha value is -2.06. The van der Waals surface area contributed by atoms with E-state index in [0.717, 1.165) is 4.90 Å². The monoisotopic (exact) mass is 305 g/mol. The number of nitrogens with zero attached hydrogens (tertiary/aromatic N) is 3. The van der Waals surface area contributed by atoms with Crippen molar-refractivity contribution in [3.63, 3.8) is 0 Å². The summed E-state index contributed by atoms with van der Waals surface area (Å²) in [6, 6.07) is 3.11. The number of hydrogen-bond donors (Lipinski definition) is 0. The fourth-order valence-corrected chi connectivity index (χ4v) is 1.98. The second kappa shape index (κ2) is 6.15. The van der Waals surface area contributed by atoms with Crippen LogP contribution >= 0.6 is 0 Å². The summed E-state index contributed by atoms with van der Waals surface area (Å²) in [5, 5.41) is 7.48. The van der Waals surface area contributed by atoms with E-state index >= 15 is 0 Å². The Morgan fingerprint density at radius 1 is 1.38 bits per heavy atom. The third-order valence-electron chi connectivity index (χ3n) is 2.96. The van der Waals surface area contributed by atoms with Crippen LogP contribution in [0.4, 0.5) is 13.2 Å². The third kappa shape index (κ3) is 4.47. The van der Waals surface area contributed by atoms with Crippen molar-refractivity contribution in [3.05, 3.63) is 12.1 Å². The lowest BCUT2D eigenvalue weighted by atomic mass is 10.3. The molecule has 116 valence electrons. The maximum Gasteiger partial charge on any atom is 0.397 e. The first-order valence-corrected chi connectivity index (χ1v) is 6.26. The Kier molecular flexibility index (Phi) is 4.49. The van der Waals surface area contributed by atoms with E-state index in [2.05, 4.69) is 10.2 Å². The third-order valence-corrected chi connectivity index (χ3v) is 2.96. The molecule has 0 radical (unpaired) electrons. The summed E-state index contributed by atoms with van der Waals surface area (Å²) >= 11 is 0. The molecule has 0 saturated carbocycles. The number of ether oxygens (including phenoxy) is 2. The molecule has 1 aliphatic heterocycles. The molecule has 2 rings (SSSR count). The lowest BCUT2D eigenvalue weighted by Gasteiger charge is -2.17. The van der Waals surface area contributed by atoms with Crippen molar-refractivity contribution in [2.75, 3.05) is 20.2 Å². The van der Waals surface area contributed by atoms with Gasteiger partial charge in [-0.25, -0.2) is 0 Å². The molecule has 9 heteroatoms. The molecule has 1 amide bonds. The minimum absolute atomic E-state index is 0.114. The molecule has 0 spiro atoms. The average molecular weight is 305 g/mol. The second-order valence-electron chi connectivity index (χ2n) is 4.57. The van der Waals surface area contributed by atoms with Crippen molar-refractivity contribution in [1.29, 1.82) is 0 Å². The fraction of sp³-hybridized carbons (Fsp3) is 0.583. The Bertz CT molecular complexity index is 493. The van der Waals surface area contributed by atoms with Crippen LogP contribution in [0.2, 0.25) is 0 Å². The molecule has 21 heavy (non-hydrogen) atoms. The van der Waals surface area contributed by atoms with Gasteiger partial charge in [0.15, 0.2) is 0 Å². The van der Waals surface area contributed by atoms with Gasteiger partial charge in [0.05, 0.1) is 13.7 Å². The van der Waals surface area contributed by atoms with E-state index in [1.54, 1.807) is 12.1 Å². The van der Waals surface area contributed by atoms with E-state index < -0.39 is 18.5 Å². The van der Waals surface area contributed by atoms with Crippen molar-refractivity contribution >= 4 is 5.91 Å². The number of carbonyl (C=O) groups is 1. The van der Waals surface area contributed by atoms with Crippen molar-refractivity contribution < 1.29 is 27.4 Å². The van der Waals surface area contributed by atoms with Gasteiger partial charge in [0.2, 0.25) is 17.7 Å². The standard InChI is InChI=1S/C12H14F3N3O3/c1-20-9-2-3-10(17-16-9)21-8-4-5-18(7-8)11(19)6-12(13,14)15/h2-3,8H,4-7H2,1H3. The lowest BCUT2D eigenvalue weighted by Crippen LogP contribution is -2.34. The molecular formula is C12H14F3N3O3. The summed E-state index contributed by atoms with van der Waals surface area (Å²) in [5.41, 5.74) is 0. The number of likely N-dealkylation sites (tertiary alicyclic amines) is 1. The van der Waals surface area contributed by atoms with Gasteiger partial charge in [0.25, 0.3) is 0 Å². The van der Waals surface area contributed by atoms with E-state index in [-0.39, 0.29) is 25.1 Å². The number of amides is 1. The zero-order chi connectivity index (χ0) is 15.5. The predicted molar refractivity (Wildman–Crippen MR) is 64.9 cm³/mol. The Labute approximate surface area is 118 Å². The van der Waals surface area contributed by atoms with Crippen LogP contribution in [0.25, 0.3) is 0 Å². The van der Waals surface area contributed by atoms with Gasteiger partial charge in [-0.1, -0.05) is 0 Å². The molecular weight excluding hydrogens is 291 g/mol. The number of halogens is 3. The number of methoxy groups -OCH3 is 1. The zero-order valence-electron chi connectivity index (χ0n) is 11.3. The summed E-state index contributed by atoms with van der Waals surface area (Å²) in [6.07, 6.45) is -5.86. The molecule has 1 atom stereocenters. The molecule has 0 bridgehead atoms.